The van der Waals surface area contributed by atoms with E-state index >= 15 is 0 Å². The largest absolute Gasteiger partial charge is 0.378 e. The molecule has 0 aromatic carbocycles. The van der Waals surface area contributed by atoms with Gasteiger partial charge in [-0.3, -0.25) is 9.59 Å². The van der Waals surface area contributed by atoms with Crippen molar-refractivity contribution in [2.75, 3.05) is 38.7 Å². The molecule has 0 radical (unpaired) electrons. The molecule has 0 spiro atoms. The van der Waals surface area contributed by atoms with Crippen molar-refractivity contribution < 1.29 is 23.6 Å². The number of carbonyl (C=O) groups excluding carboxylic acids is 2. The molecule has 8 heteroatoms. The van der Waals surface area contributed by atoms with Gasteiger partial charge in [0.2, 0.25) is 11.8 Å². The normalized spacial score (nSPS) is 17.2. The zero-order valence-electron chi connectivity index (χ0n) is 13.5. The Kier molecular flexibility index (Phi) is 6.54. The van der Waals surface area contributed by atoms with Crippen molar-refractivity contribution in [2.45, 2.75) is 32.3 Å². The highest BCUT2D eigenvalue weighted by molar-refractivity contribution is 5.93. The van der Waals surface area contributed by atoms with E-state index in [4.69, 9.17) is 14.0 Å². The van der Waals surface area contributed by atoms with Gasteiger partial charge in [-0.2, -0.15) is 0 Å². The van der Waals surface area contributed by atoms with E-state index in [1.54, 1.807) is 20.0 Å². The standard InChI is InChI=1S/C15H23N3O5/c1-11-8-13(17-23-11)16-14(19)9-18(2)15(20)5-7-21-10-12-4-3-6-22-12/h8,12H,3-7,9-10H2,1-2H3,(H,16,17,19). The highest BCUT2D eigenvalue weighted by Crippen LogP contribution is 2.12. The minimum atomic E-state index is -0.325. The van der Waals surface area contributed by atoms with Crippen molar-refractivity contribution in [1.29, 1.82) is 0 Å². The topological polar surface area (TPSA) is 93.9 Å². The van der Waals surface area contributed by atoms with Gasteiger partial charge in [-0.1, -0.05) is 5.16 Å². The van der Waals surface area contributed by atoms with Gasteiger partial charge in [0.15, 0.2) is 5.82 Å². The number of ether oxygens (including phenoxy) is 2. The SMILES string of the molecule is Cc1cc(NC(=O)CN(C)C(=O)CCOCC2CCCO2)no1. The molecule has 1 aliphatic heterocycles. The number of anilines is 1. The average Bonchev–Trinajstić information content (AvgIpc) is 3.15. The lowest BCUT2D eigenvalue weighted by molar-refractivity contribution is -0.134. The first kappa shape index (κ1) is 17.4. The predicted molar refractivity (Wildman–Crippen MR) is 81.9 cm³/mol. The zero-order chi connectivity index (χ0) is 16.7. The number of likely N-dealkylation sites (N-methyl/N-ethyl adjacent to an activating group) is 1. The van der Waals surface area contributed by atoms with Gasteiger partial charge >= 0.3 is 0 Å². The number of aromatic nitrogens is 1. The second-order valence-corrected chi connectivity index (χ2v) is 5.58. The van der Waals surface area contributed by atoms with Gasteiger partial charge in [0.1, 0.15) is 5.76 Å². The molecule has 23 heavy (non-hydrogen) atoms. The van der Waals surface area contributed by atoms with Crippen LogP contribution >= 0.6 is 0 Å². The van der Waals surface area contributed by atoms with Gasteiger partial charge in [-0.15, -0.1) is 0 Å². The number of nitrogens with zero attached hydrogens (tertiary/aromatic N) is 2. The molecule has 1 unspecified atom stereocenters. The molecule has 1 aromatic heterocycles. The summed E-state index contributed by atoms with van der Waals surface area (Å²) in [5.74, 6) is 0.472. The molecule has 2 heterocycles. The first-order valence-corrected chi connectivity index (χ1v) is 7.71. The first-order chi connectivity index (χ1) is 11.0. The highest BCUT2D eigenvalue weighted by Gasteiger charge is 2.17. The van der Waals surface area contributed by atoms with Crippen LogP contribution in [-0.2, 0) is 19.1 Å². The summed E-state index contributed by atoms with van der Waals surface area (Å²) in [6.45, 7) is 3.32. The third kappa shape index (κ3) is 5.99. The van der Waals surface area contributed by atoms with Crippen molar-refractivity contribution in [3.63, 3.8) is 0 Å². The summed E-state index contributed by atoms with van der Waals surface area (Å²) >= 11 is 0. The Balaban J connectivity index is 1.60. The first-order valence-electron chi connectivity index (χ1n) is 7.71. The minimum absolute atomic E-state index is 0.0452. The van der Waals surface area contributed by atoms with Gasteiger partial charge in [0, 0.05) is 19.7 Å². The van der Waals surface area contributed by atoms with Gasteiger partial charge in [-0.05, 0) is 19.8 Å². The fourth-order valence-corrected chi connectivity index (χ4v) is 2.25. The summed E-state index contributed by atoms with van der Waals surface area (Å²) in [5.41, 5.74) is 0. The number of hydrogen-bond acceptors (Lipinski definition) is 6. The van der Waals surface area contributed by atoms with Crippen LogP contribution in [0.3, 0.4) is 0 Å². The number of rotatable bonds is 8. The van der Waals surface area contributed by atoms with Crippen molar-refractivity contribution in [2.24, 2.45) is 0 Å². The van der Waals surface area contributed by atoms with Crippen LogP contribution in [0.15, 0.2) is 10.6 Å². The summed E-state index contributed by atoms with van der Waals surface area (Å²) < 4.78 is 15.7. The molecule has 1 aliphatic rings. The van der Waals surface area contributed by atoms with E-state index in [0.717, 1.165) is 19.4 Å². The lowest BCUT2D eigenvalue weighted by atomic mass is 10.2. The Hall–Kier alpha value is -1.93. The lowest BCUT2D eigenvalue weighted by Crippen LogP contribution is -2.35. The van der Waals surface area contributed by atoms with E-state index in [9.17, 15) is 9.59 Å². The van der Waals surface area contributed by atoms with Gasteiger partial charge in [-0.25, -0.2) is 0 Å². The lowest BCUT2D eigenvalue weighted by Gasteiger charge is -2.16. The molecular formula is C15H23N3O5. The fourth-order valence-electron chi connectivity index (χ4n) is 2.25. The number of amides is 2. The molecule has 1 N–H and O–H groups in total. The third-order valence-electron chi connectivity index (χ3n) is 3.49. The van der Waals surface area contributed by atoms with Crippen LogP contribution in [0.5, 0.6) is 0 Å². The van der Waals surface area contributed by atoms with Crippen LogP contribution in [0, 0.1) is 6.92 Å². The van der Waals surface area contributed by atoms with E-state index in [1.807, 2.05) is 0 Å². The quantitative estimate of drug-likeness (QED) is 0.716. The van der Waals surface area contributed by atoms with Gasteiger partial charge in [0.25, 0.3) is 0 Å². The second-order valence-electron chi connectivity index (χ2n) is 5.58. The zero-order valence-corrected chi connectivity index (χ0v) is 13.5. The smallest absolute Gasteiger partial charge is 0.245 e. The summed E-state index contributed by atoms with van der Waals surface area (Å²) in [4.78, 5) is 25.1. The van der Waals surface area contributed by atoms with Crippen LogP contribution in [0.4, 0.5) is 5.82 Å². The molecule has 0 bridgehead atoms. The van der Waals surface area contributed by atoms with Crippen LogP contribution < -0.4 is 5.32 Å². The molecular weight excluding hydrogens is 302 g/mol. The van der Waals surface area contributed by atoms with Gasteiger partial charge in [0.05, 0.1) is 32.3 Å². The fraction of sp³-hybridized carbons (Fsp3) is 0.667. The predicted octanol–water partition coefficient (Wildman–Crippen LogP) is 0.966. The maximum Gasteiger partial charge on any atom is 0.245 e. The highest BCUT2D eigenvalue weighted by atomic mass is 16.5. The Morgan fingerprint density at radius 1 is 1.52 bits per heavy atom. The molecule has 0 saturated carbocycles. The average molecular weight is 325 g/mol. The van der Waals surface area contributed by atoms with Crippen LogP contribution in [0.2, 0.25) is 0 Å². The van der Waals surface area contributed by atoms with E-state index < -0.39 is 0 Å². The van der Waals surface area contributed by atoms with Crippen molar-refractivity contribution in [1.82, 2.24) is 10.1 Å². The van der Waals surface area contributed by atoms with E-state index in [2.05, 4.69) is 10.5 Å². The van der Waals surface area contributed by atoms with E-state index in [0.29, 0.717) is 24.8 Å². The molecule has 2 rings (SSSR count). The number of nitrogens with one attached hydrogen (secondary N) is 1. The van der Waals surface area contributed by atoms with Crippen LogP contribution in [-0.4, -0.2) is 61.4 Å². The summed E-state index contributed by atoms with van der Waals surface area (Å²) in [5, 5.41) is 6.23. The van der Waals surface area contributed by atoms with E-state index in [-0.39, 0.29) is 30.9 Å². The molecule has 2 amide bonds. The Labute approximate surface area is 135 Å². The van der Waals surface area contributed by atoms with Crippen LogP contribution in [0.25, 0.3) is 0 Å². The molecule has 1 saturated heterocycles. The van der Waals surface area contributed by atoms with E-state index in [1.165, 1.54) is 4.90 Å². The van der Waals surface area contributed by atoms with Crippen molar-refractivity contribution >= 4 is 17.6 Å². The van der Waals surface area contributed by atoms with Gasteiger partial charge < -0.3 is 24.2 Å². The maximum absolute atomic E-state index is 11.9. The molecule has 1 fully saturated rings. The second kappa shape index (κ2) is 8.64. The third-order valence-corrected chi connectivity index (χ3v) is 3.49. The minimum Gasteiger partial charge on any atom is -0.378 e. The monoisotopic (exact) mass is 325 g/mol. The summed E-state index contributed by atoms with van der Waals surface area (Å²) in [7, 11) is 1.58. The molecule has 1 atom stereocenters. The number of hydrogen-bond donors (Lipinski definition) is 1. The van der Waals surface area contributed by atoms with Crippen LogP contribution in [0.1, 0.15) is 25.0 Å². The molecule has 1 aromatic rings. The summed E-state index contributed by atoms with van der Waals surface area (Å²) in [6, 6.07) is 1.61. The Morgan fingerprint density at radius 3 is 3.00 bits per heavy atom. The Morgan fingerprint density at radius 2 is 2.35 bits per heavy atom. The Bertz CT molecular complexity index is 525. The maximum atomic E-state index is 11.9. The summed E-state index contributed by atoms with van der Waals surface area (Å²) in [6.07, 6.45) is 2.46. The number of aryl methyl sites for hydroxylation is 1. The van der Waals surface area contributed by atoms with Crippen molar-refractivity contribution in [3.05, 3.63) is 11.8 Å². The number of carbonyl (C=O) groups is 2. The van der Waals surface area contributed by atoms with Crippen molar-refractivity contribution in [3.8, 4) is 0 Å². The molecule has 0 aliphatic carbocycles. The molecule has 8 nitrogen and oxygen atoms in total. The molecule has 128 valence electrons.